The summed E-state index contributed by atoms with van der Waals surface area (Å²) in [6, 6.07) is 17.1. The molecule has 0 bridgehead atoms. The number of aromatic nitrogens is 1. The van der Waals surface area contributed by atoms with Crippen molar-refractivity contribution in [3.05, 3.63) is 71.4 Å². The molecule has 31 heavy (non-hydrogen) atoms. The Balaban J connectivity index is 1.76. The van der Waals surface area contributed by atoms with Gasteiger partial charge in [0.2, 0.25) is 5.91 Å². The van der Waals surface area contributed by atoms with Gasteiger partial charge in [-0.1, -0.05) is 55.5 Å². The highest BCUT2D eigenvalue weighted by Crippen LogP contribution is 2.36. The Morgan fingerprint density at radius 1 is 1.03 bits per heavy atom. The molecule has 0 spiro atoms. The Kier molecular flexibility index (Phi) is 6.47. The van der Waals surface area contributed by atoms with Crippen LogP contribution in [-0.4, -0.2) is 40.7 Å². The van der Waals surface area contributed by atoms with Crippen LogP contribution >= 0.6 is 0 Å². The average molecular weight is 419 g/mol. The number of amides is 1. The molecule has 0 saturated carbocycles. The number of para-hydroxylation sites is 1. The van der Waals surface area contributed by atoms with Crippen molar-refractivity contribution >= 4 is 16.8 Å². The number of ether oxygens (including phenoxy) is 1. The van der Waals surface area contributed by atoms with Crippen LogP contribution in [-0.2, 0) is 22.5 Å². The van der Waals surface area contributed by atoms with Crippen LogP contribution in [0.25, 0.3) is 10.9 Å². The largest absolute Gasteiger partial charge is 0.372 e. The lowest BCUT2D eigenvalue weighted by atomic mass is 9.87. The quantitative estimate of drug-likeness (QED) is 0.538. The molecule has 1 aromatic heterocycles. The summed E-state index contributed by atoms with van der Waals surface area (Å²) in [4.78, 5) is 15.4. The minimum Gasteiger partial charge on any atom is -0.372 e. The lowest BCUT2D eigenvalue weighted by molar-refractivity contribution is -0.143. The fourth-order valence-corrected chi connectivity index (χ4v) is 5.06. The third-order valence-electron chi connectivity index (χ3n) is 6.46. The van der Waals surface area contributed by atoms with Gasteiger partial charge in [-0.25, -0.2) is 0 Å². The molecule has 0 radical (unpaired) electrons. The van der Waals surface area contributed by atoms with Crippen LogP contribution in [0.2, 0.25) is 0 Å². The molecule has 0 aliphatic carbocycles. The molecule has 4 nitrogen and oxygen atoms in total. The Hall–Kier alpha value is -2.59. The van der Waals surface area contributed by atoms with E-state index in [1.807, 2.05) is 24.8 Å². The standard InChI is InChI=1S/C27H34N2O2/c1-5-21-13-10-14-23-25(18-28(6-2)27(21)23)24(22-11-8-7-9-12-22)15-26(30)29-16-19(3)31-20(4)17-29/h7-14,18-20,24H,5-6,15-17H2,1-4H3. The number of aryl methyl sites for hydroxylation is 2. The van der Waals surface area contributed by atoms with Crippen molar-refractivity contribution in [1.82, 2.24) is 9.47 Å². The molecule has 1 saturated heterocycles. The first-order chi connectivity index (χ1) is 15.0. The third kappa shape index (κ3) is 4.40. The zero-order valence-electron chi connectivity index (χ0n) is 19.2. The van der Waals surface area contributed by atoms with Crippen LogP contribution in [0.15, 0.2) is 54.7 Å². The maximum absolute atomic E-state index is 13.4. The highest BCUT2D eigenvalue weighted by atomic mass is 16.5. The number of hydrogen-bond acceptors (Lipinski definition) is 2. The third-order valence-corrected chi connectivity index (χ3v) is 6.46. The van der Waals surface area contributed by atoms with E-state index in [2.05, 4.69) is 67.1 Å². The molecular weight excluding hydrogens is 384 g/mol. The predicted octanol–water partition coefficient (Wildman–Crippen LogP) is 5.38. The van der Waals surface area contributed by atoms with Gasteiger partial charge in [0.05, 0.1) is 17.7 Å². The van der Waals surface area contributed by atoms with E-state index in [-0.39, 0.29) is 24.0 Å². The number of morpholine rings is 1. The summed E-state index contributed by atoms with van der Waals surface area (Å²) in [7, 11) is 0. The van der Waals surface area contributed by atoms with Crippen molar-refractivity contribution in [2.24, 2.45) is 0 Å². The van der Waals surface area contributed by atoms with Crippen molar-refractivity contribution in [3.8, 4) is 0 Å². The van der Waals surface area contributed by atoms with Crippen molar-refractivity contribution in [1.29, 1.82) is 0 Å². The van der Waals surface area contributed by atoms with E-state index in [1.54, 1.807) is 0 Å². The molecule has 4 heteroatoms. The van der Waals surface area contributed by atoms with E-state index in [9.17, 15) is 4.79 Å². The second kappa shape index (κ2) is 9.27. The minimum absolute atomic E-state index is 0.0320. The molecule has 1 aliphatic heterocycles. The molecular formula is C27H34N2O2. The molecule has 2 heterocycles. The van der Waals surface area contributed by atoms with Gasteiger partial charge in [-0.3, -0.25) is 4.79 Å². The van der Waals surface area contributed by atoms with Gasteiger partial charge >= 0.3 is 0 Å². The number of nitrogens with zero attached hydrogens (tertiary/aromatic N) is 2. The lowest BCUT2D eigenvalue weighted by Gasteiger charge is -2.36. The first kappa shape index (κ1) is 21.6. The molecule has 1 fully saturated rings. The minimum atomic E-state index is 0.0320. The first-order valence-electron chi connectivity index (χ1n) is 11.6. The zero-order chi connectivity index (χ0) is 22.0. The molecule has 3 unspecified atom stereocenters. The van der Waals surface area contributed by atoms with Crippen LogP contribution in [0, 0.1) is 0 Å². The molecule has 1 aliphatic rings. The maximum atomic E-state index is 13.4. The van der Waals surface area contributed by atoms with E-state index in [1.165, 1.54) is 27.6 Å². The van der Waals surface area contributed by atoms with Crippen molar-refractivity contribution in [3.63, 3.8) is 0 Å². The number of rotatable bonds is 6. The highest BCUT2D eigenvalue weighted by molar-refractivity contribution is 5.89. The van der Waals surface area contributed by atoms with E-state index < -0.39 is 0 Å². The molecule has 164 valence electrons. The summed E-state index contributed by atoms with van der Waals surface area (Å²) >= 11 is 0. The fraction of sp³-hybridized carbons (Fsp3) is 0.444. The van der Waals surface area contributed by atoms with Gasteiger partial charge < -0.3 is 14.2 Å². The summed E-state index contributed by atoms with van der Waals surface area (Å²) in [5, 5.41) is 1.27. The van der Waals surface area contributed by atoms with E-state index in [0.29, 0.717) is 19.5 Å². The summed E-state index contributed by atoms with van der Waals surface area (Å²) in [6.45, 7) is 10.7. The monoisotopic (exact) mass is 418 g/mol. The van der Waals surface area contributed by atoms with Crippen LogP contribution < -0.4 is 0 Å². The van der Waals surface area contributed by atoms with Crippen molar-refractivity contribution < 1.29 is 9.53 Å². The van der Waals surface area contributed by atoms with Crippen LogP contribution in [0.3, 0.4) is 0 Å². The molecule has 0 N–H and O–H groups in total. The van der Waals surface area contributed by atoms with E-state index in [4.69, 9.17) is 4.74 Å². The van der Waals surface area contributed by atoms with Gasteiger partial charge in [0.15, 0.2) is 0 Å². The van der Waals surface area contributed by atoms with Gasteiger partial charge in [-0.05, 0) is 43.9 Å². The van der Waals surface area contributed by atoms with Crippen LogP contribution in [0.1, 0.15) is 56.7 Å². The summed E-state index contributed by atoms with van der Waals surface area (Å²) in [5.41, 5.74) is 5.12. The zero-order valence-corrected chi connectivity index (χ0v) is 19.2. The Labute approximate surface area is 185 Å². The van der Waals surface area contributed by atoms with Gasteiger partial charge in [0, 0.05) is 43.6 Å². The molecule has 2 aromatic carbocycles. The van der Waals surface area contributed by atoms with Gasteiger partial charge in [-0.2, -0.15) is 0 Å². The molecule has 4 rings (SSSR count). The highest BCUT2D eigenvalue weighted by Gasteiger charge is 2.29. The molecule has 3 atom stereocenters. The average Bonchev–Trinajstić information content (AvgIpc) is 3.16. The Morgan fingerprint density at radius 2 is 1.74 bits per heavy atom. The van der Waals surface area contributed by atoms with Crippen LogP contribution in [0.5, 0.6) is 0 Å². The fourth-order valence-electron chi connectivity index (χ4n) is 5.06. The smallest absolute Gasteiger partial charge is 0.223 e. The van der Waals surface area contributed by atoms with Gasteiger partial charge in [-0.15, -0.1) is 0 Å². The summed E-state index contributed by atoms with van der Waals surface area (Å²) < 4.78 is 8.19. The van der Waals surface area contributed by atoms with Gasteiger partial charge in [0.25, 0.3) is 0 Å². The lowest BCUT2D eigenvalue weighted by Crippen LogP contribution is -2.48. The number of fused-ring (bicyclic) bond motifs is 1. The normalized spacial score (nSPS) is 20.2. The Morgan fingerprint density at radius 3 is 2.39 bits per heavy atom. The SMILES string of the molecule is CCc1cccc2c(C(CC(=O)N3CC(C)OC(C)C3)c3ccccc3)cn(CC)c12. The number of carbonyl (C=O) groups excluding carboxylic acids is 1. The predicted molar refractivity (Wildman–Crippen MR) is 126 cm³/mol. The van der Waals surface area contributed by atoms with Crippen molar-refractivity contribution in [2.45, 2.75) is 65.2 Å². The summed E-state index contributed by atoms with van der Waals surface area (Å²) in [5.74, 6) is 0.240. The number of benzene rings is 2. The molecule has 3 aromatic rings. The summed E-state index contributed by atoms with van der Waals surface area (Å²) in [6.07, 6.45) is 3.91. The second-order valence-corrected chi connectivity index (χ2v) is 8.76. The number of hydrogen-bond donors (Lipinski definition) is 0. The van der Waals surface area contributed by atoms with E-state index in [0.717, 1.165) is 13.0 Å². The van der Waals surface area contributed by atoms with Gasteiger partial charge in [0.1, 0.15) is 0 Å². The second-order valence-electron chi connectivity index (χ2n) is 8.76. The topological polar surface area (TPSA) is 34.5 Å². The van der Waals surface area contributed by atoms with Crippen molar-refractivity contribution in [2.75, 3.05) is 13.1 Å². The van der Waals surface area contributed by atoms with Crippen LogP contribution in [0.4, 0.5) is 0 Å². The maximum Gasteiger partial charge on any atom is 0.223 e. The first-order valence-corrected chi connectivity index (χ1v) is 11.6. The Bertz CT molecular complexity index is 1030. The molecule has 1 amide bonds. The number of carbonyl (C=O) groups is 1. The van der Waals surface area contributed by atoms with E-state index >= 15 is 0 Å².